The Labute approximate surface area is 230 Å². The van der Waals surface area contributed by atoms with Crippen molar-refractivity contribution in [3.8, 4) is 40.8 Å². The van der Waals surface area contributed by atoms with Gasteiger partial charge in [-0.25, -0.2) is 4.98 Å². The Morgan fingerprint density at radius 1 is 0.525 bits per heavy atom. The van der Waals surface area contributed by atoms with Crippen molar-refractivity contribution in [3.63, 3.8) is 0 Å². The van der Waals surface area contributed by atoms with Crippen LogP contribution in [0.1, 0.15) is 16.7 Å². The van der Waals surface area contributed by atoms with Crippen molar-refractivity contribution in [1.82, 2.24) is 4.98 Å². The molecule has 0 aliphatic heterocycles. The molecule has 1 heterocycles. The lowest BCUT2D eigenvalue weighted by Gasteiger charge is -2.26. The van der Waals surface area contributed by atoms with E-state index in [1.165, 1.54) is 0 Å². The third kappa shape index (κ3) is 4.63. The molecule has 6 rings (SSSR count). The fourth-order valence-electron chi connectivity index (χ4n) is 4.61. The number of benzene rings is 5. The van der Waals surface area contributed by atoms with E-state index in [9.17, 15) is 15.8 Å². The maximum Gasteiger partial charge on any atom is 0.227 e. The first kappa shape index (κ1) is 24.2. The van der Waals surface area contributed by atoms with Gasteiger partial charge >= 0.3 is 0 Å². The molecule has 0 atom stereocenters. The number of rotatable bonds is 5. The molecule has 1 aromatic heterocycles. The quantitative estimate of drug-likeness (QED) is 0.230. The molecule has 40 heavy (non-hydrogen) atoms. The second-order valence-corrected chi connectivity index (χ2v) is 9.10. The van der Waals surface area contributed by atoms with Crippen molar-refractivity contribution < 1.29 is 4.42 Å². The van der Waals surface area contributed by atoms with Gasteiger partial charge in [0.2, 0.25) is 5.89 Å². The fraction of sp³-hybridized carbons (Fsp3) is 0. The highest BCUT2D eigenvalue weighted by Gasteiger charge is 2.15. The molecule has 6 heteroatoms. The zero-order valence-corrected chi connectivity index (χ0v) is 21.1. The lowest BCUT2D eigenvalue weighted by atomic mass is 10.00. The summed E-state index contributed by atoms with van der Waals surface area (Å²) >= 11 is 0. The molecule has 0 spiro atoms. The second-order valence-electron chi connectivity index (χ2n) is 9.10. The van der Waals surface area contributed by atoms with Crippen LogP contribution in [-0.2, 0) is 0 Å². The number of oxazole rings is 1. The molecular weight excluding hydrogens is 494 g/mol. The molecule has 0 unspecified atom stereocenters. The van der Waals surface area contributed by atoms with Gasteiger partial charge in [0.05, 0.1) is 34.9 Å². The first-order valence-corrected chi connectivity index (χ1v) is 12.5. The number of anilines is 3. The van der Waals surface area contributed by atoms with Gasteiger partial charge in [-0.3, -0.25) is 0 Å². The van der Waals surface area contributed by atoms with Crippen LogP contribution in [0.4, 0.5) is 17.1 Å². The highest BCUT2D eigenvalue weighted by Crippen LogP contribution is 2.37. The molecule has 6 nitrogen and oxygen atoms in total. The Morgan fingerprint density at radius 3 is 1.60 bits per heavy atom. The number of para-hydroxylation sites is 2. The number of nitriles is 3. The lowest BCUT2D eigenvalue weighted by Crippen LogP contribution is -2.09. The number of hydrogen-bond acceptors (Lipinski definition) is 6. The molecule has 0 amide bonds. The van der Waals surface area contributed by atoms with Crippen LogP contribution in [0.5, 0.6) is 0 Å². The van der Waals surface area contributed by atoms with E-state index in [-0.39, 0.29) is 0 Å². The van der Waals surface area contributed by atoms with Gasteiger partial charge in [-0.2, -0.15) is 15.8 Å². The van der Waals surface area contributed by atoms with Crippen molar-refractivity contribution in [2.24, 2.45) is 0 Å². The average molecular weight is 514 g/mol. The van der Waals surface area contributed by atoms with E-state index < -0.39 is 0 Å². The van der Waals surface area contributed by atoms with Gasteiger partial charge in [0.15, 0.2) is 5.58 Å². The average Bonchev–Trinajstić information content (AvgIpc) is 3.46. The molecule has 0 fully saturated rings. The van der Waals surface area contributed by atoms with E-state index in [1.807, 2.05) is 84.9 Å². The van der Waals surface area contributed by atoms with E-state index >= 15 is 0 Å². The monoisotopic (exact) mass is 513 g/mol. The van der Waals surface area contributed by atoms with Crippen LogP contribution in [0, 0.1) is 34.0 Å². The minimum Gasteiger partial charge on any atom is -0.436 e. The molecule has 5 aromatic carbocycles. The van der Waals surface area contributed by atoms with E-state index in [4.69, 9.17) is 4.42 Å². The summed E-state index contributed by atoms with van der Waals surface area (Å²) < 4.78 is 5.94. The van der Waals surface area contributed by atoms with Gasteiger partial charge in [-0.15, -0.1) is 0 Å². The van der Waals surface area contributed by atoms with Gasteiger partial charge < -0.3 is 9.32 Å². The summed E-state index contributed by atoms with van der Waals surface area (Å²) in [6.07, 6.45) is 0. The van der Waals surface area contributed by atoms with E-state index in [2.05, 4.69) is 28.1 Å². The number of hydrogen-bond donors (Lipinski definition) is 0. The zero-order valence-electron chi connectivity index (χ0n) is 21.1. The van der Waals surface area contributed by atoms with Crippen molar-refractivity contribution in [2.45, 2.75) is 0 Å². The van der Waals surface area contributed by atoms with Crippen LogP contribution < -0.4 is 4.90 Å². The largest absolute Gasteiger partial charge is 0.436 e. The summed E-state index contributed by atoms with van der Waals surface area (Å²) in [6.45, 7) is 0. The van der Waals surface area contributed by atoms with Crippen LogP contribution in [0.25, 0.3) is 33.7 Å². The molecule has 0 N–H and O–H groups in total. The summed E-state index contributed by atoms with van der Waals surface area (Å²) in [7, 11) is 0. The Bertz CT molecular complexity index is 1900. The van der Waals surface area contributed by atoms with Crippen LogP contribution in [0.2, 0.25) is 0 Å². The highest BCUT2D eigenvalue weighted by molar-refractivity contribution is 5.81. The predicted octanol–water partition coefficient (Wildman–Crippen LogP) is 8.25. The van der Waals surface area contributed by atoms with Crippen LogP contribution in [0.15, 0.2) is 120 Å². The van der Waals surface area contributed by atoms with E-state index in [1.54, 1.807) is 30.3 Å². The molecule has 186 valence electrons. The smallest absolute Gasteiger partial charge is 0.227 e. The third-order valence-electron chi connectivity index (χ3n) is 6.57. The molecule has 0 saturated carbocycles. The predicted molar refractivity (Wildman–Crippen MR) is 154 cm³/mol. The number of nitrogens with zero attached hydrogens (tertiary/aromatic N) is 5. The summed E-state index contributed by atoms with van der Waals surface area (Å²) in [5, 5.41) is 28.0. The molecule has 0 aliphatic carbocycles. The lowest BCUT2D eigenvalue weighted by molar-refractivity contribution is 0.620. The highest BCUT2D eigenvalue weighted by atomic mass is 16.3. The first-order chi connectivity index (χ1) is 19.6. The van der Waals surface area contributed by atoms with E-state index in [0.717, 1.165) is 44.9 Å². The van der Waals surface area contributed by atoms with E-state index in [0.29, 0.717) is 22.6 Å². The Balaban J connectivity index is 1.39. The third-order valence-corrected chi connectivity index (χ3v) is 6.57. The van der Waals surface area contributed by atoms with Crippen molar-refractivity contribution >= 4 is 28.2 Å². The molecular formula is C34H19N5O. The van der Waals surface area contributed by atoms with Gasteiger partial charge in [-0.1, -0.05) is 24.3 Å². The van der Waals surface area contributed by atoms with Gasteiger partial charge in [0.25, 0.3) is 0 Å². The Hall–Kier alpha value is -6.16. The molecule has 0 radical (unpaired) electrons. The molecule has 6 aromatic rings. The van der Waals surface area contributed by atoms with Crippen molar-refractivity contribution in [3.05, 3.63) is 132 Å². The second kappa shape index (κ2) is 10.3. The van der Waals surface area contributed by atoms with Crippen molar-refractivity contribution in [1.29, 1.82) is 15.8 Å². The minimum atomic E-state index is 0.441. The maximum atomic E-state index is 9.37. The summed E-state index contributed by atoms with van der Waals surface area (Å²) in [5.74, 6) is 0.554. The first-order valence-electron chi connectivity index (χ1n) is 12.5. The summed E-state index contributed by atoms with van der Waals surface area (Å²) in [6, 6.07) is 42.5. The zero-order chi connectivity index (χ0) is 27.5. The maximum absolute atomic E-state index is 9.37. The molecule has 0 bridgehead atoms. The number of aromatic nitrogens is 1. The van der Waals surface area contributed by atoms with Crippen LogP contribution in [-0.4, -0.2) is 4.98 Å². The topological polar surface area (TPSA) is 101 Å². The normalized spacial score (nSPS) is 10.4. The Morgan fingerprint density at radius 2 is 1.05 bits per heavy atom. The van der Waals surface area contributed by atoms with Crippen LogP contribution in [0.3, 0.4) is 0 Å². The standard InChI is InChI=1S/C34H19N5O/c35-20-23-5-11-29(12-6-23)39(30-13-7-26(8-14-30)28-18-24(21-36)17-25(19-28)22-37)31-15-9-27(10-16-31)34-38-32-3-1-2-4-33(32)40-34/h1-19H. The SMILES string of the molecule is N#Cc1ccc(N(c2ccc(-c3cc(C#N)cc(C#N)c3)cc2)c2ccc(-c3nc4ccccc4o3)cc2)cc1. The minimum absolute atomic E-state index is 0.441. The van der Waals surface area contributed by atoms with Crippen molar-refractivity contribution in [2.75, 3.05) is 4.90 Å². The fourth-order valence-corrected chi connectivity index (χ4v) is 4.61. The number of fused-ring (bicyclic) bond motifs is 1. The van der Waals surface area contributed by atoms with Crippen LogP contribution >= 0.6 is 0 Å². The van der Waals surface area contributed by atoms with Gasteiger partial charge in [0.1, 0.15) is 5.52 Å². The molecule has 0 aliphatic rings. The Kier molecular flexibility index (Phi) is 6.23. The summed E-state index contributed by atoms with van der Waals surface area (Å²) in [5.41, 5.74) is 8.27. The van der Waals surface area contributed by atoms with Gasteiger partial charge in [-0.05, 0) is 102 Å². The molecule has 0 saturated heterocycles. The summed E-state index contributed by atoms with van der Waals surface area (Å²) in [4.78, 5) is 6.70. The van der Waals surface area contributed by atoms with Gasteiger partial charge in [0, 0.05) is 22.6 Å².